The molecule has 0 bridgehead atoms. The van der Waals surface area contributed by atoms with Gasteiger partial charge in [-0.3, -0.25) is 14.9 Å². The van der Waals surface area contributed by atoms with E-state index in [0.29, 0.717) is 5.92 Å². The van der Waals surface area contributed by atoms with Crippen LogP contribution in [0.2, 0.25) is 0 Å². The van der Waals surface area contributed by atoms with Crippen LogP contribution < -0.4 is 0 Å². The molecule has 0 saturated carbocycles. The molecule has 0 aromatic carbocycles. The lowest BCUT2D eigenvalue weighted by Gasteiger charge is -2.32. The summed E-state index contributed by atoms with van der Waals surface area (Å²) in [5.74, 6) is 0.399. The number of imidazole rings is 1. The number of hydrogen-bond acceptors (Lipinski definition) is 6. The van der Waals surface area contributed by atoms with E-state index in [9.17, 15) is 0 Å². The first-order chi connectivity index (χ1) is 11.8. The van der Waals surface area contributed by atoms with E-state index >= 15 is 0 Å². The summed E-state index contributed by atoms with van der Waals surface area (Å²) in [4.78, 5) is 20.4. The SMILES string of the molecule is Cn1cncc1-c1nccnc1[C@@H]1CCCN(Cc2cscn2)C1. The molecular weight excluding hydrogens is 320 g/mol. The van der Waals surface area contributed by atoms with E-state index in [4.69, 9.17) is 0 Å². The van der Waals surface area contributed by atoms with Crippen LogP contribution in [0.4, 0.5) is 0 Å². The van der Waals surface area contributed by atoms with Crippen molar-refractivity contribution < 1.29 is 0 Å². The molecule has 1 atom stereocenters. The van der Waals surface area contributed by atoms with Gasteiger partial charge in [-0.15, -0.1) is 11.3 Å². The van der Waals surface area contributed by atoms with Crippen LogP contribution in [0.1, 0.15) is 30.1 Å². The van der Waals surface area contributed by atoms with Crippen molar-refractivity contribution >= 4 is 11.3 Å². The molecule has 0 spiro atoms. The zero-order chi connectivity index (χ0) is 16.4. The number of aryl methyl sites for hydroxylation is 1. The highest BCUT2D eigenvalue weighted by Gasteiger charge is 2.26. The highest BCUT2D eigenvalue weighted by Crippen LogP contribution is 2.31. The summed E-state index contributed by atoms with van der Waals surface area (Å²) in [6.45, 7) is 3.04. The molecule has 3 aromatic rings. The van der Waals surface area contributed by atoms with Gasteiger partial charge in [-0.05, 0) is 19.4 Å². The molecule has 4 heterocycles. The fourth-order valence-electron chi connectivity index (χ4n) is 3.40. The summed E-state index contributed by atoms with van der Waals surface area (Å²) in [7, 11) is 2.00. The summed E-state index contributed by atoms with van der Waals surface area (Å²) in [6.07, 6.45) is 9.57. The summed E-state index contributed by atoms with van der Waals surface area (Å²) in [5.41, 5.74) is 6.13. The Morgan fingerprint density at radius 1 is 1.25 bits per heavy atom. The van der Waals surface area contributed by atoms with Gasteiger partial charge < -0.3 is 4.57 Å². The Kier molecular flexibility index (Phi) is 4.36. The number of piperidine rings is 1. The Morgan fingerprint density at radius 3 is 2.96 bits per heavy atom. The topological polar surface area (TPSA) is 59.7 Å². The van der Waals surface area contributed by atoms with Crippen LogP contribution >= 0.6 is 11.3 Å². The van der Waals surface area contributed by atoms with E-state index in [1.54, 1.807) is 23.7 Å². The third-order valence-corrected chi connectivity index (χ3v) is 5.18. The van der Waals surface area contributed by atoms with E-state index in [1.807, 2.05) is 29.6 Å². The van der Waals surface area contributed by atoms with Gasteiger partial charge in [0.1, 0.15) is 5.69 Å². The van der Waals surface area contributed by atoms with Gasteiger partial charge in [0.25, 0.3) is 0 Å². The molecule has 6 nitrogen and oxygen atoms in total. The third kappa shape index (κ3) is 3.09. The number of nitrogens with zero attached hydrogens (tertiary/aromatic N) is 6. The molecule has 0 N–H and O–H groups in total. The van der Waals surface area contributed by atoms with Crippen LogP contribution in [-0.2, 0) is 13.6 Å². The molecule has 124 valence electrons. The van der Waals surface area contributed by atoms with Crippen molar-refractivity contribution in [3.63, 3.8) is 0 Å². The number of rotatable bonds is 4. The van der Waals surface area contributed by atoms with Gasteiger partial charge >= 0.3 is 0 Å². The van der Waals surface area contributed by atoms with Crippen molar-refractivity contribution in [2.45, 2.75) is 25.3 Å². The van der Waals surface area contributed by atoms with Gasteiger partial charge in [-0.2, -0.15) is 0 Å². The van der Waals surface area contributed by atoms with Gasteiger partial charge in [-0.25, -0.2) is 9.97 Å². The third-order valence-electron chi connectivity index (χ3n) is 4.55. The molecule has 1 saturated heterocycles. The van der Waals surface area contributed by atoms with Crippen molar-refractivity contribution in [1.29, 1.82) is 0 Å². The monoisotopic (exact) mass is 340 g/mol. The fourth-order valence-corrected chi connectivity index (χ4v) is 3.95. The lowest BCUT2D eigenvalue weighted by molar-refractivity contribution is 0.197. The zero-order valence-electron chi connectivity index (χ0n) is 13.7. The molecule has 1 fully saturated rings. The minimum absolute atomic E-state index is 0.399. The predicted molar refractivity (Wildman–Crippen MR) is 93.6 cm³/mol. The molecule has 0 amide bonds. The molecule has 0 unspecified atom stereocenters. The Labute approximate surface area is 145 Å². The second kappa shape index (κ2) is 6.78. The van der Waals surface area contributed by atoms with Crippen molar-refractivity contribution in [3.05, 3.63) is 47.2 Å². The number of likely N-dealkylation sites (tertiary alicyclic amines) is 1. The van der Waals surface area contributed by atoms with Crippen LogP contribution in [0.25, 0.3) is 11.4 Å². The predicted octanol–water partition coefficient (Wildman–Crippen LogP) is 2.71. The smallest absolute Gasteiger partial charge is 0.110 e. The maximum atomic E-state index is 4.69. The van der Waals surface area contributed by atoms with Crippen LogP contribution in [-0.4, -0.2) is 42.5 Å². The molecule has 4 rings (SSSR count). The second-order valence-corrected chi connectivity index (χ2v) is 6.95. The van der Waals surface area contributed by atoms with E-state index in [-0.39, 0.29) is 0 Å². The number of thiazole rings is 1. The highest BCUT2D eigenvalue weighted by atomic mass is 32.1. The molecule has 1 aliphatic rings. The van der Waals surface area contributed by atoms with E-state index in [0.717, 1.165) is 48.8 Å². The Hall–Kier alpha value is -2.12. The van der Waals surface area contributed by atoms with Gasteiger partial charge in [-0.1, -0.05) is 0 Å². The minimum Gasteiger partial charge on any atom is -0.332 e. The Morgan fingerprint density at radius 2 is 2.17 bits per heavy atom. The number of hydrogen-bond donors (Lipinski definition) is 0. The fraction of sp³-hybridized carbons (Fsp3) is 0.412. The molecule has 7 heteroatoms. The summed E-state index contributed by atoms with van der Waals surface area (Å²) in [6, 6.07) is 0. The maximum Gasteiger partial charge on any atom is 0.110 e. The van der Waals surface area contributed by atoms with Crippen LogP contribution in [0.5, 0.6) is 0 Å². The van der Waals surface area contributed by atoms with Crippen LogP contribution in [0.15, 0.2) is 35.8 Å². The lowest BCUT2D eigenvalue weighted by atomic mass is 9.92. The van der Waals surface area contributed by atoms with Gasteiger partial charge in [0.05, 0.1) is 35.1 Å². The maximum absolute atomic E-state index is 4.69. The van der Waals surface area contributed by atoms with Crippen molar-refractivity contribution in [1.82, 2.24) is 29.4 Å². The zero-order valence-corrected chi connectivity index (χ0v) is 14.5. The molecule has 24 heavy (non-hydrogen) atoms. The van der Waals surface area contributed by atoms with Crippen LogP contribution in [0.3, 0.4) is 0 Å². The van der Waals surface area contributed by atoms with Crippen molar-refractivity contribution in [3.8, 4) is 11.4 Å². The van der Waals surface area contributed by atoms with Crippen molar-refractivity contribution in [2.75, 3.05) is 13.1 Å². The summed E-state index contributed by atoms with van der Waals surface area (Å²) >= 11 is 1.66. The molecule has 1 aliphatic heterocycles. The quantitative estimate of drug-likeness (QED) is 0.731. The van der Waals surface area contributed by atoms with Crippen molar-refractivity contribution in [2.24, 2.45) is 7.05 Å². The highest BCUT2D eigenvalue weighted by molar-refractivity contribution is 7.07. The molecule has 0 radical (unpaired) electrons. The van der Waals surface area contributed by atoms with Gasteiger partial charge in [0.15, 0.2) is 0 Å². The second-order valence-electron chi connectivity index (χ2n) is 6.23. The van der Waals surface area contributed by atoms with E-state index in [1.165, 1.54) is 6.42 Å². The standard InChI is InChI=1S/C17H20N6S/c1-22-11-18-7-15(22)17-16(19-4-5-20-17)13-3-2-6-23(8-13)9-14-10-24-12-21-14/h4-5,7,10-13H,2-3,6,8-9H2,1H3/t13-/m1/s1. The number of aromatic nitrogens is 5. The van der Waals surface area contributed by atoms with Crippen LogP contribution in [0, 0.1) is 0 Å². The van der Waals surface area contributed by atoms with Gasteiger partial charge in [0.2, 0.25) is 0 Å². The Balaban J connectivity index is 1.58. The first kappa shape index (κ1) is 15.4. The van der Waals surface area contributed by atoms with E-state index in [2.05, 4.69) is 30.2 Å². The average Bonchev–Trinajstić information content (AvgIpc) is 3.27. The lowest BCUT2D eigenvalue weighted by Crippen LogP contribution is -2.34. The largest absolute Gasteiger partial charge is 0.332 e. The normalized spacial score (nSPS) is 18.8. The van der Waals surface area contributed by atoms with E-state index < -0.39 is 0 Å². The summed E-state index contributed by atoms with van der Waals surface area (Å²) in [5, 5.41) is 2.13. The first-order valence-electron chi connectivity index (χ1n) is 8.18. The molecule has 0 aliphatic carbocycles. The Bertz CT molecular complexity index is 797. The minimum atomic E-state index is 0.399. The first-order valence-corrected chi connectivity index (χ1v) is 9.12. The summed E-state index contributed by atoms with van der Waals surface area (Å²) < 4.78 is 2.00. The molecular formula is C17H20N6S. The van der Waals surface area contributed by atoms with Gasteiger partial charge in [0, 0.05) is 43.8 Å². The molecule has 3 aromatic heterocycles. The average molecular weight is 340 g/mol.